The van der Waals surface area contributed by atoms with E-state index in [9.17, 15) is 4.79 Å². The van der Waals surface area contributed by atoms with Crippen LogP contribution >= 0.6 is 11.3 Å². The molecule has 2 aromatic carbocycles. The molecule has 0 fully saturated rings. The Morgan fingerprint density at radius 2 is 1.82 bits per heavy atom. The van der Waals surface area contributed by atoms with E-state index in [4.69, 9.17) is 19.3 Å². The van der Waals surface area contributed by atoms with Crippen LogP contribution in [0.3, 0.4) is 0 Å². The third-order valence-electron chi connectivity index (χ3n) is 4.22. The number of methoxy groups -OCH3 is 1. The highest BCUT2D eigenvalue weighted by molar-refractivity contribution is 7.13. The van der Waals surface area contributed by atoms with E-state index in [1.165, 1.54) is 27.8 Å². The summed E-state index contributed by atoms with van der Waals surface area (Å²) in [5.41, 5.74) is 3.19. The number of thiazole rings is 1. The number of aromatic nitrogens is 1. The van der Waals surface area contributed by atoms with Gasteiger partial charge < -0.3 is 19.3 Å². The van der Waals surface area contributed by atoms with E-state index in [-0.39, 0.29) is 5.69 Å². The van der Waals surface area contributed by atoms with Crippen molar-refractivity contribution in [2.45, 2.75) is 13.8 Å². The number of hydrogen-bond acceptors (Lipinski definition) is 6. The molecule has 1 aromatic heterocycles. The Balaban J connectivity index is 1.66. The fourth-order valence-electron chi connectivity index (χ4n) is 2.54. The molecule has 0 unspecified atom stereocenters. The number of nitrogens with zero attached hydrogens (tertiary/aromatic N) is 1. The molecule has 0 aliphatic rings. The molecule has 3 aromatic rings. The summed E-state index contributed by atoms with van der Waals surface area (Å²) in [7, 11) is 1.57. The van der Waals surface area contributed by atoms with Crippen molar-refractivity contribution in [1.82, 2.24) is 4.98 Å². The second kappa shape index (κ2) is 8.75. The maximum Gasteiger partial charge on any atom is 0.355 e. The summed E-state index contributed by atoms with van der Waals surface area (Å²) >= 11 is 1.27. The first kappa shape index (κ1) is 19.7. The van der Waals surface area contributed by atoms with Crippen LogP contribution in [-0.4, -0.2) is 36.4 Å². The number of rotatable bonds is 8. The third kappa shape index (κ3) is 4.61. The average molecular weight is 399 g/mol. The van der Waals surface area contributed by atoms with Crippen molar-refractivity contribution in [3.8, 4) is 27.8 Å². The number of ether oxygens (including phenoxy) is 3. The van der Waals surface area contributed by atoms with Gasteiger partial charge in [0.2, 0.25) is 0 Å². The molecule has 146 valence electrons. The Labute approximate surface area is 167 Å². The van der Waals surface area contributed by atoms with Crippen molar-refractivity contribution in [1.29, 1.82) is 0 Å². The first-order valence-corrected chi connectivity index (χ1v) is 9.56. The van der Waals surface area contributed by atoms with Crippen molar-refractivity contribution in [2.75, 3.05) is 20.3 Å². The molecule has 0 saturated heterocycles. The van der Waals surface area contributed by atoms with Crippen LogP contribution in [-0.2, 0) is 0 Å². The number of aromatic carboxylic acids is 1. The molecule has 0 spiro atoms. The van der Waals surface area contributed by atoms with Crippen LogP contribution in [0.4, 0.5) is 0 Å². The van der Waals surface area contributed by atoms with Crippen molar-refractivity contribution in [3.63, 3.8) is 0 Å². The summed E-state index contributed by atoms with van der Waals surface area (Å²) in [6.45, 7) is 4.83. The molecule has 7 heteroatoms. The molecule has 0 aliphatic carbocycles. The molecule has 0 aliphatic heterocycles. The second-order valence-corrected chi connectivity index (χ2v) is 7.01. The molecular formula is C21H21NO5S. The number of benzene rings is 2. The van der Waals surface area contributed by atoms with Gasteiger partial charge in [0.15, 0.2) is 17.2 Å². The molecular weight excluding hydrogens is 378 g/mol. The minimum absolute atomic E-state index is 0.0278. The predicted molar refractivity (Wildman–Crippen MR) is 108 cm³/mol. The molecule has 28 heavy (non-hydrogen) atoms. The monoisotopic (exact) mass is 399 g/mol. The molecule has 1 N–H and O–H groups in total. The van der Waals surface area contributed by atoms with Gasteiger partial charge in [0.25, 0.3) is 0 Å². The number of hydrogen-bond donors (Lipinski definition) is 1. The molecule has 1 heterocycles. The normalized spacial score (nSPS) is 10.5. The number of carboxylic acid groups (broad SMARTS) is 1. The van der Waals surface area contributed by atoms with Gasteiger partial charge in [0, 0.05) is 10.9 Å². The summed E-state index contributed by atoms with van der Waals surface area (Å²) in [6, 6.07) is 11.3. The van der Waals surface area contributed by atoms with Gasteiger partial charge in [0.05, 0.1) is 7.11 Å². The van der Waals surface area contributed by atoms with E-state index < -0.39 is 5.97 Å². The van der Waals surface area contributed by atoms with Crippen molar-refractivity contribution in [2.24, 2.45) is 0 Å². The van der Waals surface area contributed by atoms with E-state index in [0.717, 1.165) is 11.3 Å². The van der Waals surface area contributed by atoms with Crippen LogP contribution in [0.25, 0.3) is 10.6 Å². The minimum Gasteiger partial charge on any atom is -0.493 e. The van der Waals surface area contributed by atoms with E-state index >= 15 is 0 Å². The first-order chi connectivity index (χ1) is 13.5. The fraction of sp³-hybridized carbons (Fsp3) is 0.238. The summed E-state index contributed by atoms with van der Waals surface area (Å²) < 4.78 is 16.9. The molecule has 0 atom stereocenters. The summed E-state index contributed by atoms with van der Waals surface area (Å²) in [5.74, 6) is 0.896. The highest BCUT2D eigenvalue weighted by atomic mass is 32.1. The Bertz CT molecular complexity index is 983. The summed E-state index contributed by atoms with van der Waals surface area (Å²) in [4.78, 5) is 15.2. The Morgan fingerprint density at radius 3 is 2.50 bits per heavy atom. The summed E-state index contributed by atoms with van der Waals surface area (Å²) in [5, 5.41) is 11.2. The fourth-order valence-corrected chi connectivity index (χ4v) is 3.33. The standard InChI is InChI=1S/C21H21NO5S/c1-13-4-6-16(10-14(13)2)26-8-9-27-19-11-15(5-7-18(19)25-3)20-22-17(12-28-20)21(23)24/h4-7,10-12H,8-9H2,1-3H3,(H,23,24). The lowest BCUT2D eigenvalue weighted by Crippen LogP contribution is -2.09. The first-order valence-electron chi connectivity index (χ1n) is 8.68. The quantitative estimate of drug-likeness (QED) is 0.558. The van der Waals surface area contributed by atoms with Crippen LogP contribution in [0.2, 0.25) is 0 Å². The topological polar surface area (TPSA) is 77.9 Å². The predicted octanol–water partition coefficient (Wildman–Crippen LogP) is 4.59. The molecule has 3 rings (SSSR count). The van der Waals surface area contributed by atoms with Gasteiger partial charge in [0.1, 0.15) is 24.0 Å². The Kier molecular flexibility index (Phi) is 6.16. The zero-order valence-electron chi connectivity index (χ0n) is 15.9. The minimum atomic E-state index is -1.05. The van der Waals surface area contributed by atoms with Gasteiger partial charge in [-0.25, -0.2) is 9.78 Å². The van der Waals surface area contributed by atoms with Gasteiger partial charge in [-0.1, -0.05) is 6.07 Å². The van der Waals surface area contributed by atoms with Gasteiger partial charge in [-0.2, -0.15) is 0 Å². The Hall–Kier alpha value is -3.06. The lowest BCUT2D eigenvalue weighted by Gasteiger charge is -2.13. The smallest absolute Gasteiger partial charge is 0.355 e. The SMILES string of the molecule is COc1ccc(-c2nc(C(=O)O)cs2)cc1OCCOc1ccc(C)c(C)c1. The van der Waals surface area contributed by atoms with Crippen molar-refractivity contribution < 1.29 is 24.1 Å². The van der Waals surface area contributed by atoms with E-state index in [1.807, 2.05) is 31.2 Å². The van der Waals surface area contributed by atoms with Crippen molar-refractivity contribution >= 4 is 17.3 Å². The maximum atomic E-state index is 11.0. The van der Waals surface area contributed by atoms with E-state index in [2.05, 4.69) is 11.9 Å². The largest absolute Gasteiger partial charge is 0.493 e. The van der Waals surface area contributed by atoms with Crippen LogP contribution in [0.1, 0.15) is 21.6 Å². The number of carbonyl (C=O) groups is 1. The van der Waals surface area contributed by atoms with Gasteiger partial charge >= 0.3 is 5.97 Å². The van der Waals surface area contributed by atoms with Crippen molar-refractivity contribution in [3.05, 3.63) is 58.6 Å². The zero-order chi connectivity index (χ0) is 20.1. The zero-order valence-corrected chi connectivity index (χ0v) is 16.7. The molecule has 6 nitrogen and oxygen atoms in total. The van der Waals surface area contributed by atoms with Crippen LogP contribution in [0.15, 0.2) is 41.8 Å². The Morgan fingerprint density at radius 1 is 1.04 bits per heavy atom. The van der Waals surface area contributed by atoms with Gasteiger partial charge in [-0.05, 0) is 55.3 Å². The highest BCUT2D eigenvalue weighted by Crippen LogP contribution is 2.33. The maximum absolute atomic E-state index is 11.0. The third-order valence-corrected chi connectivity index (χ3v) is 5.11. The van der Waals surface area contributed by atoms with Gasteiger partial charge in [-0.3, -0.25) is 0 Å². The molecule has 0 radical (unpaired) electrons. The van der Waals surface area contributed by atoms with Gasteiger partial charge in [-0.15, -0.1) is 11.3 Å². The lowest BCUT2D eigenvalue weighted by atomic mass is 10.1. The number of aryl methyl sites for hydroxylation is 2. The highest BCUT2D eigenvalue weighted by Gasteiger charge is 2.13. The lowest BCUT2D eigenvalue weighted by molar-refractivity contribution is 0.0691. The van der Waals surface area contributed by atoms with E-state index in [1.54, 1.807) is 19.2 Å². The van der Waals surface area contributed by atoms with Crippen LogP contribution in [0.5, 0.6) is 17.2 Å². The molecule has 0 amide bonds. The molecule has 0 bridgehead atoms. The number of carboxylic acids is 1. The average Bonchev–Trinajstić information content (AvgIpc) is 3.18. The summed E-state index contributed by atoms with van der Waals surface area (Å²) in [6.07, 6.45) is 0. The van der Waals surface area contributed by atoms with E-state index in [0.29, 0.717) is 29.7 Å². The van der Waals surface area contributed by atoms with Crippen LogP contribution in [0, 0.1) is 13.8 Å². The molecule has 0 saturated carbocycles. The van der Waals surface area contributed by atoms with Crippen LogP contribution < -0.4 is 14.2 Å². The second-order valence-electron chi connectivity index (χ2n) is 6.15.